The number of hydrogen-bond donors (Lipinski definition) is 0. The van der Waals surface area contributed by atoms with Gasteiger partial charge in [0, 0.05) is 43.7 Å². The van der Waals surface area contributed by atoms with Crippen LogP contribution in [0.1, 0.15) is 0 Å². The first kappa shape index (κ1) is 26.5. The molecule has 0 saturated heterocycles. The van der Waals surface area contributed by atoms with Crippen molar-refractivity contribution in [3.8, 4) is 22.5 Å². The van der Waals surface area contributed by atoms with Crippen molar-refractivity contribution < 1.29 is 4.42 Å². The van der Waals surface area contributed by atoms with E-state index in [0.717, 1.165) is 27.9 Å². The van der Waals surface area contributed by atoms with Crippen molar-refractivity contribution >= 4 is 76.3 Å². The van der Waals surface area contributed by atoms with Crippen LogP contribution in [-0.4, -0.2) is 9.13 Å². The summed E-state index contributed by atoms with van der Waals surface area (Å²) in [4.78, 5) is 0. The Morgan fingerprint density at radius 1 is 0.327 bits per heavy atom. The first-order chi connectivity index (χ1) is 24.3. The Morgan fingerprint density at radius 3 is 1.88 bits per heavy atom. The summed E-state index contributed by atoms with van der Waals surface area (Å²) >= 11 is 0. The topological polar surface area (TPSA) is 23.0 Å². The van der Waals surface area contributed by atoms with Crippen molar-refractivity contribution in [1.29, 1.82) is 0 Å². The summed E-state index contributed by atoms with van der Waals surface area (Å²) in [5, 5.41) is 9.74. The molecular formula is C46H28N2O. The van der Waals surface area contributed by atoms with Crippen LogP contribution in [-0.2, 0) is 0 Å². The van der Waals surface area contributed by atoms with Crippen LogP contribution in [0, 0.1) is 0 Å². The molecule has 0 aliphatic heterocycles. The number of furan rings is 1. The summed E-state index contributed by atoms with van der Waals surface area (Å²) in [7, 11) is 0. The van der Waals surface area contributed by atoms with E-state index in [2.05, 4.69) is 173 Å². The molecule has 0 radical (unpaired) electrons. The molecule has 0 aliphatic carbocycles. The zero-order valence-electron chi connectivity index (χ0n) is 26.5. The van der Waals surface area contributed by atoms with Crippen LogP contribution in [0.15, 0.2) is 174 Å². The van der Waals surface area contributed by atoms with Crippen LogP contribution < -0.4 is 0 Å². The number of fused-ring (bicyclic) bond motifs is 11. The van der Waals surface area contributed by atoms with Gasteiger partial charge in [-0.25, -0.2) is 0 Å². The summed E-state index contributed by atoms with van der Waals surface area (Å²) in [6.07, 6.45) is 0. The second kappa shape index (κ2) is 9.96. The number of hydrogen-bond acceptors (Lipinski definition) is 1. The molecule has 8 aromatic carbocycles. The molecule has 49 heavy (non-hydrogen) atoms. The van der Waals surface area contributed by atoms with E-state index < -0.39 is 0 Å². The van der Waals surface area contributed by atoms with Gasteiger partial charge in [0.1, 0.15) is 11.2 Å². The molecule has 228 valence electrons. The van der Waals surface area contributed by atoms with Gasteiger partial charge in [-0.05, 0) is 88.6 Å². The first-order valence-electron chi connectivity index (χ1n) is 16.8. The molecule has 11 rings (SSSR count). The van der Waals surface area contributed by atoms with Gasteiger partial charge in [-0.2, -0.15) is 0 Å². The Kier molecular flexibility index (Phi) is 5.38. The van der Waals surface area contributed by atoms with Crippen LogP contribution in [0.25, 0.3) is 98.8 Å². The molecule has 0 atom stereocenters. The molecule has 0 unspecified atom stereocenters. The number of benzene rings is 8. The molecule has 3 aromatic heterocycles. The number of rotatable bonds is 3. The second-order valence-electron chi connectivity index (χ2n) is 12.9. The molecule has 3 heterocycles. The van der Waals surface area contributed by atoms with E-state index in [0.29, 0.717) is 0 Å². The monoisotopic (exact) mass is 624 g/mol. The van der Waals surface area contributed by atoms with E-state index in [-0.39, 0.29) is 0 Å². The van der Waals surface area contributed by atoms with Gasteiger partial charge in [-0.3, -0.25) is 0 Å². The van der Waals surface area contributed by atoms with E-state index in [1.165, 1.54) is 70.9 Å². The minimum Gasteiger partial charge on any atom is -0.456 e. The van der Waals surface area contributed by atoms with Gasteiger partial charge >= 0.3 is 0 Å². The maximum atomic E-state index is 6.39. The molecule has 0 saturated carbocycles. The molecule has 0 bridgehead atoms. The van der Waals surface area contributed by atoms with Crippen LogP contribution in [0.3, 0.4) is 0 Å². The van der Waals surface area contributed by atoms with Gasteiger partial charge in [0.25, 0.3) is 0 Å². The molecule has 0 fully saturated rings. The normalized spacial score (nSPS) is 12.1. The van der Waals surface area contributed by atoms with Gasteiger partial charge in [-0.1, -0.05) is 103 Å². The lowest BCUT2D eigenvalue weighted by Gasteiger charge is -2.11. The fourth-order valence-corrected chi connectivity index (χ4v) is 8.09. The Hall–Kier alpha value is -6.58. The van der Waals surface area contributed by atoms with Crippen molar-refractivity contribution in [1.82, 2.24) is 9.13 Å². The molecular weight excluding hydrogens is 597 g/mol. The fraction of sp³-hybridized carbons (Fsp3) is 0. The molecule has 0 amide bonds. The van der Waals surface area contributed by atoms with Crippen molar-refractivity contribution in [3.05, 3.63) is 170 Å². The first-order valence-corrected chi connectivity index (χ1v) is 16.8. The van der Waals surface area contributed by atoms with Crippen molar-refractivity contribution in [3.63, 3.8) is 0 Å². The molecule has 0 spiro atoms. The van der Waals surface area contributed by atoms with E-state index in [9.17, 15) is 0 Å². The lowest BCUT2D eigenvalue weighted by Crippen LogP contribution is -1.95. The smallest absolute Gasteiger partial charge is 0.136 e. The third-order valence-corrected chi connectivity index (χ3v) is 10.3. The minimum atomic E-state index is 0.912. The predicted molar refractivity (Wildman–Crippen MR) is 205 cm³/mol. The summed E-state index contributed by atoms with van der Waals surface area (Å²) in [6, 6.07) is 61.3. The van der Waals surface area contributed by atoms with Crippen molar-refractivity contribution in [2.75, 3.05) is 0 Å². The van der Waals surface area contributed by atoms with Crippen LogP contribution >= 0.6 is 0 Å². The van der Waals surface area contributed by atoms with E-state index in [4.69, 9.17) is 4.42 Å². The summed E-state index contributed by atoms with van der Waals surface area (Å²) in [5.41, 5.74) is 11.2. The number of aromatic nitrogens is 2. The largest absolute Gasteiger partial charge is 0.456 e. The Morgan fingerprint density at radius 2 is 1.00 bits per heavy atom. The highest BCUT2D eigenvalue weighted by atomic mass is 16.3. The van der Waals surface area contributed by atoms with E-state index in [1.54, 1.807) is 0 Å². The van der Waals surface area contributed by atoms with Crippen molar-refractivity contribution in [2.24, 2.45) is 0 Å². The lowest BCUT2D eigenvalue weighted by atomic mass is 10.0. The quantitative estimate of drug-likeness (QED) is 0.192. The Bertz CT molecular complexity index is 3090. The Balaban J connectivity index is 1.21. The highest BCUT2D eigenvalue weighted by molar-refractivity contribution is 6.29. The van der Waals surface area contributed by atoms with Crippen LogP contribution in [0.4, 0.5) is 0 Å². The van der Waals surface area contributed by atoms with Gasteiger partial charge in [-0.15, -0.1) is 0 Å². The van der Waals surface area contributed by atoms with E-state index >= 15 is 0 Å². The summed E-state index contributed by atoms with van der Waals surface area (Å²) in [5.74, 6) is 0. The third kappa shape index (κ3) is 3.78. The van der Waals surface area contributed by atoms with Crippen LogP contribution in [0.5, 0.6) is 0 Å². The van der Waals surface area contributed by atoms with Gasteiger partial charge in [0.15, 0.2) is 0 Å². The third-order valence-electron chi connectivity index (χ3n) is 10.3. The SMILES string of the molecule is c1ccc(-n2c3cc4c(cc3c3c5c(ccc32)oc2ccccc25)c2ccccc2n4-c2ccc(-c3ccc4ccccc4c3)cc2)cc1. The summed E-state index contributed by atoms with van der Waals surface area (Å²) in [6.45, 7) is 0. The maximum absolute atomic E-state index is 6.39. The zero-order chi connectivity index (χ0) is 32.1. The summed E-state index contributed by atoms with van der Waals surface area (Å²) < 4.78 is 11.2. The molecule has 3 heteroatoms. The second-order valence-corrected chi connectivity index (χ2v) is 12.9. The maximum Gasteiger partial charge on any atom is 0.136 e. The van der Waals surface area contributed by atoms with Crippen LogP contribution in [0.2, 0.25) is 0 Å². The Labute approximate surface area is 281 Å². The molecule has 3 nitrogen and oxygen atoms in total. The standard InChI is InChI=1S/C46H28N2O/c1-2-12-33(13-3-1)48-40-24-25-44-46(36-15-7-9-17-43(36)49-44)45(40)38-27-37-35-14-6-8-16-39(35)47(41(37)28-42(38)48)34-22-20-30(21-23-34)32-19-18-29-10-4-5-11-31(29)26-32/h1-28H. The molecule has 11 aromatic rings. The molecule has 0 aliphatic rings. The predicted octanol–water partition coefficient (Wildman–Crippen LogP) is 12.6. The van der Waals surface area contributed by atoms with Gasteiger partial charge < -0.3 is 13.6 Å². The average molecular weight is 625 g/mol. The molecule has 0 N–H and O–H groups in total. The van der Waals surface area contributed by atoms with Gasteiger partial charge in [0.05, 0.1) is 22.1 Å². The van der Waals surface area contributed by atoms with Gasteiger partial charge in [0.2, 0.25) is 0 Å². The van der Waals surface area contributed by atoms with Crippen molar-refractivity contribution in [2.45, 2.75) is 0 Å². The number of para-hydroxylation sites is 3. The lowest BCUT2D eigenvalue weighted by molar-refractivity contribution is 0.669. The zero-order valence-corrected chi connectivity index (χ0v) is 26.5. The minimum absolute atomic E-state index is 0.912. The highest BCUT2D eigenvalue weighted by Crippen LogP contribution is 2.44. The highest BCUT2D eigenvalue weighted by Gasteiger charge is 2.21. The van der Waals surface area contributed by atoms with E-state index in [1.807, 2.05) is 6.07 Å². The fourth-order valence-electron chi connectivity index (χ4n) is 8.09. The number of nitrogens with zero attached hydrogens (tertiary/aromatic N) is 2. The average Bonchev–Trinajstić information content (AvgIpc) is 3.81.